The van der Waals surface area contributed by atoms with Crippen LogP contribution in [0.3, 0.4) is 0 Å². The highest BCUT2D eigenvalue weighted by Crippen LogP contribution is 2.24. The summed E-state index contributed by atoms with van der Waals surface area (Å²) < 4.78 is 15.2. The number of benzene rings is 1. The Morgan fingerprint density at radius 3 is 2.38 bits per heavy atom. The van der Waals surface area contributed by atoms with Crippen molar-refractivity contribution in [3.8, 4) is 5.69 Å². The van der Waals surface area contributed by atoms with Gasteiger partial charge in [0.25, 0.3) is 5.91 Å². The van der Waals surface area contributed by atoms with Crippen molar-refractivity contribution in [1.82, 2.24) is 14.8 Å². The smallest absolute Gasteiger partial charge is 0.255 e. The topological polar surface area (TPSA) is 37.3 Å². The van der Waals surface area contributed by atoms with Crippen molar-refractivity contribution in [2.75, 3.05) is 26.7 Å². The molecular weight excluding hydrogens is 353 g/mol. The molecule has 2 heterocycles. The first-order valence-corrected chi connectivity index (χ1v) is 8.90. The van der Waals surface area contributed by atoms with Gasteiger partial charge in [0.05, 0.1) is 5.56 Å². The predicted octanol–water partition coefficient (Wildman–Crippen LogP) is 3.73. The van der Waals surface area contributed by atoms with Crippen LogP contribution in [0.1, 0.15) is 34.6 Å². The zero-order valence-electron chi connectivity index (χ0n) is 15.6. The lowest BCUT2D eigenvalue weighted by Crippen LogP contribution is -2.40. The number of nitrogens with one attached hydrogen (secondary N) is 1. The minimum atomic E-state index is -0.257. The lowest BCUT2D eigenvalue weighted by atomic mass is 9.96. The van der Waals surface area contributed by atoms with Crippen molar-refractivity contribution < 1.29 is 9.18 Å². The summed E-state index contributed by atoms with van der Waals surface area (Å²) >= 11 is 0. The van der Waals surface area contributed by atoms with Crippen LogP contribution < -0.4 is 5.32 Å². The molecule has 2 aromatic rings. The maximum atomic E-state index is 13.2. The summed E-state index contributed by atoms with van der Waals surface area (Å²) in [6.07, 6.45) is 2.09. The van der Waals surface area contributed by atoms with Crippen molar-refractivity contribution in [2.24, 2.45) is 5.92 Å². The monoisotopic (exact) mass is 379 g/mol. The summed E-state index contributed by atoms with van der Waals surface area (Å²) in [6.45, 7) is 6.57. The molecule has 1 N–H and O–H groups in total. The number of piperidine rings is 1. The molecule has 0 aliphatic carbocycles. The van der Waals surface area contributed by atoms with Gasteiger partial charge in [-0.1, -0.05) is 0 Å². The molecule has 1 aromatic carbocycles. The number of amides is 1. The standard InChI is InChI=1S/C20H26FN3O.ClH/c1-14-12-19(15(2)24(14)18-6-4-17(21)5-7-18)20(25)23-10-8-16(9-11-23)13-22-3;/h4-7,12,16,22H,8-11,13H2,1-3H3;1H. The fourth-order valence-electron chi connectivity index (χ4n) is 3.77. The number of nitrogens with zero attached hydrogens (tertiary/aromatic N) is 2. The molecule has 1 aromatic heterocycles. The van der Waals surface area contributed by atoms with Gasteiger partial charge in [0.15, 0.2) is 0 Å². The summed E-state index contributed by atoms with van der Waals surface area (Å²) in [5.74, 6) is 0.497. The Morgan fingerprint density at radius 2 is 1.81 bits per heavy atom. The molecule has 0 spiro atoms. The molecule has 0 saturated carbocycles. The second kappa shape index (κ2) is 8.69. The third-order valence-electron chi connectivity index (χ3n) is 5.14. The fraction of sp³-hybridized carbons (Fsp3) is 0.450. The van der Waals surface area contributed by atoms with Gasteiger partial charge < -0.3 is 14.8 Å². The molecule has 1 aliphatic rings. The zero-order chi connectivity index (χ0) is 18.0. The van der Waals surface area contributed by atoms with E-state index in [0.29, 0.717) is 5.92 Å². The van der Waals surface area contributed by atoms with Crippen molar-refractivity contribution in [1.29, 1.82) is 0 Å². The van der Waals surface area contributed by atoms with Crippen LogP contribution in [0.4, 0.5) is 4.39 Å². The molecule has 4 nitrogen and oxygen atoms in total. The first-order chi connectivity index (χ1) is 12.0. The molecule has 0 unspecified atom stereocenters. The summed E-state index contributed by atoms with van der Waals surface area (Å²) in [7, 11) is 1.97. The number of likely N-dealkylation sites (tertiary alicyclic amines) is 1. The Balaban J connectivity index is 0.00000243. The number of halogens is 2. The number of hydrogen-bond acceptors (Lipinski definition) is 2. The van der Waals surface area contributed by atoms with Crippen molar-refractivity contribution in [3.63, 3.8) is 0 Å². The Hall–Kier alpha value is -1.85. The van der Waals surface area contributed by atoms with E-state index in [9.17, 15) is 9.18 Å². The van der Waals surface area contributed by atoms with E-state index < -0.39 is 0 Å². The van der Waals surface area contributed by atoms with Crippen LogP contribution in [-0.2, 0) is 0 Å². The van der Waals surface area contributed by atoms with E-state index in [4.69, 9.17) is 0 Å². The molecule has 1 fully saturated rings. The third kappa shape index (κ3) is 4.10. The average Bonchev–Trinajstić information content (AvgIpc) is 2.91. The highest BCUT2D eigenvalue weighted by atomic mass is 35.5. The summed E-state index contributed by atoms with van der Waals surface area (Å²) in [5.41, 5.74) is 3.51. The molecule has 1 amide bonds. The zero-order valence-corrected chi connectivity index (χ0v) is 16.4. The van der Waals surface area contributed by atoms with Crippen LogP contribution in [0.25, 0.3) is 5.69 Å². The predicted molar refractivity (Wildman–Crippen MR) is 105 cm³/mol. The van der Waals surface area contributed by atoms with Gasteiger partial charge in [-0.25, -0.2) is 4.39 Å². The molecule has 1 aliphatic heterocycles. The van der Waals surface area contributed by atoms with Gasteiger partial charge in [-0.05, 0) is 76.5 Å². The number of carbonyl (C=O) groups is 1. The molecule has 0 radical (unpaired) electrons. The van der Waals surface area contributed by atoms with Gasteiger partial charge in [-0.2, -0.15) is 0 Å². The number of carbonyl (C=O) groups excluding carboxylic acids is 1. The van der Waals surface area contributed by atoms with Gasteiger partial charge in [-0.3, -0.25) is 4.79 Å². The van der Waals surface area contributed by atoms with Gasteiger partial charge in [0.1, 0.15) is 5.82 Å². The Labute approximate surface area is 160 Å². The van der Waals surface area contributed by atoms with Crippen molar-refractivity contribution in [3.05, 3.63) is 53.1 Å². The van der Waals surface area contributed by atoms with Gasteiger partial charge >= 0.3 is 0 Å². The van der Waals surface area contributed by atoms with Gasteiger partial charge in [-0.15, -0.1) is 12.4 Å². The lowest BCUT2D eigenvalue weighted by molar-refractivity contribution is 0.0690. The van der Waals surface area contributed by atoms with E-state index in [1.54, 1.807) is 12.1 Å². The van der Waals surface area contributed by atoms with Crippen LogP contribution in [0, 0.1) is 25.6 Å². The van der Waals surface area contributed by atoms with Crippen LogP contribution in [0.2, 0.25) is 0 Å². The van der Waals surface area contributed by atoms with Crippen molar-refractivity contribution >= 4 is 18.3 Å². The Kier molecular flexibility index (Phi) is 6.84. The minimum absolute atomic E-state index is 0. The summed E-state index contributed by atoms with van der Waals surface area (Å²) in [4.78, 5) is 14.9. The van der Waals surface area contributed by atoms with E-state index in [2.05, 4.69) is 5.32 Å². The van der Waals surface area contributed by atoms with E-state index in [0.717, 1.165) is 55.1 Å². The molecule has 142 valence electrons. The Morgan fingerprint density at radius 1 is 1.19 bits per heavy atom. The minimum Gasteiger partial charge on any atom is -0.339 e. The SMILES string of the molecule is CNCC1CCN(C(=O)c2cc(C)n(-c3ccc(F)cc3)c2C)CC1.Cl. The van der Waals surface area contributed by atoms with Gasteiger partial charge in [0, 0.05) is 30.2 Å². The maximum Gasteiger partial charge on any atom is 0.255 e. The molecular formula is C20H27ClFN3O. The highest BCUT2D eigenvalue weighted by Gasteiger charge is 2.26. The normalized spacial score (nSPS) is 15.0. The van der Waals surface area contributed by atoms with Crippen LogP contribution in [0.15, 0.2) is 30.3 Å². The second-order valence-electron chi connectivity index (χ2n) is 6.89. The Bertz CT molecular complexity index is 749. The van der Waals surface area contributed by atoms with Crippen LogP contribution >= 0.6 is 12.4 Å². The average molecular weight is 380 g/mol. The number of rotatable bonds is 4. The quantitative estimate of drug-likeness (QED) is 0.878. The van der Waals surface area contributed by atoms with E-state index in [1.165, 1.54) is 12.1 Å². The molecule has 6 heteroatoms. The molecule has 26 heavy (non-hydrogen) atoms. The third-order valence-corrected chi connectivity index (χ3v) is 5.14. The number of aryl methyl sites for hydroxylation is 1. The van der Waals surface area contributed by atoms with Crippen LogP contribution in [-0.4, -0.2) is 42.1 Å². The summed E-state index contributed by atoms with van der Waals surface area (Å²) in [6, 6.07) is 8.32. The largest absolute Gasteiger partial charge is 0.339 e. The van der Waals surface area contributed by atoms with E-state index >= 15 is 0 Å². The van der Waals surface area contributed by atoms with Gasteiger partial charge in [0.2, 0.25) is 0 Å². The van der Waals surface area contributed by atoms with Crippen molar-refractivity contribution in [2.45, 2.75) is 26.7 Å². The molecule has 1 saturated heterocycles. The first kappa shape index (κ1) is 20.5. The van der Waals surface area contributed by atoms with E-state index in [1.807, 2.05) is 36.4 Å². The fourth-order valence-corrected chi connectivity index (χ4v) is 3.77. The number of aromatic nitrogens is 1. The lowest BCUT2D eigenvalue weighted by Gasteiger charge is -2.32. The second-order valence-corrected chi connectivity index (χ2v) is 6.89. The highest BCUT2D eigenvalue weighted by molar-refractivity contribution is 5.96. The molecule has 0 atom stereocenters. The molecule has 0 bridgehead atoms. The first-order valence-electron chi connectivity index (χ1n) is 8.90. The molecule has 3 rings (SSSR count). The number of hydrogen-bond donors (Lipinski definition) is 1. The van der Waals surface area contributed by atoms with Crippen LogP contribution in [0.5, 0.6) is 0 Å². The summed E-state index contributed by atoms with van der Waals surface area (Å²) in [5, 5.41) is 3.22. The van der Waals surface area contributed by atoms with E-state index in [-0.39, 0.29) is 24.1 Å². The maximum absolute atomic E-state index is 13.2.